The number of aryl methyl sites for hydroxylation is 1. The number of benzene rings is 1. The normalized spacial score (nSPS) is 10.7. The SMILES string of the molecule is Cc1cc2c(F)cc(F)cc2cn1. The van der Waals surface area contributed by atoms with Crippen LogP contribution in [-0.2, 0) is 0 Å². The van der Waals surface area contributed by atoms with Gasteiger partial charge in [0, 0.05) is 28.7 Å². The first-order valence-corrected chi connectivity index (χ1v) is 3.88. The summed E-state index contributed by atoms with van der Waals surface area (Å²) in [5.74, 6) is -1.11. The number of hydrogen-bond donors (Lipinski definition) is 0. The van der Waals surface area contributed by atoms with E-state index in [1.54, 1.807) is 13.0 Å². The Morgan fingerprint density at radius 3 is 2.69 bits per heavy atom. The van der Waals surface area contributed by atoms with Gasteiger partial charge in [0.25, 0.3) is 0 Å². The highest BCUT2D eigenvalue weighted by molar-refractivity contribution is 5.82. The summed E-state index contributed by atoms with van der Waals surface area (Å²) in [7, 11) is 0. The van der Waals surface area contributed by atoms with Crippen LogP contribution in [0.2, 0.25) is 0 Å². The zero-order chi connectivity index (χ0) is 9.42. The highest BCUT2D eigenvalue weighted by atomic mass is 19.1. The molecular formula is C10H7F2N. The summed E-state index contributed by atoms with van der Waals surface area (Å²) in [6.45, 7) is 1.77. The van der Waals surface area contributed by atoms with Crippen molar-refractivity contribution in [3.8, 4) is 0 Å². The first-order chi connectivity index (χ1) is 6.16. The molecule has 3 heteroatoms. The lowest BCUT2D eigenvalue weighted by molar-refractivity contribution is 0.592. The summed E-state index contributed by atoms with van der Waals surface area (Å²) in [4.78, 5) is 3.96. The van der Waals surface area contributed by atoms with Gasteiger partial charge in [-0.15, -0.1) is 0 Å². The lowest BCUT2D eigenvalue weighted by Crippen LogP contribution is -1.86. The Kier molecular flexibility index (Phi) is 1.72. The Balaban J connectivity index is 2.87. The van der Waals surface area contributed by atoms with Gasteiger partial charge in [-0.05, 0) is 19.1 Å². The van der Waals surface area contributed by atoms with E-state index in [0.29, 0.717) is 10.8 Å². The lowest BCUT2D eigenvalue weighted by Gasteiger charge is -2.00. The zero-order valence-corrected chi connectivity index (χ0v) is 7.01. The van der Waals surface area contributed by atoms with Gasteiger partial charge in [-0.3, -0.25) is 4.98 Å². The van der Waals surface area contributed by atoms with Crippen LogP contribution in [0.25, 0.3) is 10.8 Å². The van der Waals surface area contributed by atoms with E-state index >= 15 is 0 Å². The molecule has 1 aromatic heterocycles. The van der Waals surface area contributed by atoms with Crippen molar-refractivity contribution in [3.63, 3.8) is 0 Å². The summed E-state index contributed by atoms with van der Waals surface area (Å²) < 4.78 is 25.9. The van der Waals surface area contributed by atoms with Crippen LogP contribution < -0.4 is 0 Å². The highest BCUT2D eigenvalue weighted by Crippen LogP contribution is 2.19. The lowest BCUT2D eigenvalue weighted by atomic mass is 10.1. The third-order valence-electron chi connectivity index (χ3n) is 1.89. The van der Waals surface area contributed by atoms with E-state index < -0.39 is 11.6 Å². The van der Waals surface area contributed by atoms with Gasteiger partial charge in [-0.1, -0.05) is 0 Å². The van der Waals surface area contributed by atoms with Gasteiger partial charge >= 0.3 is 0 Å². The predicted molar refractivity (Wildman–Crippen MR) is 46.4 cm³/mol. The molecule has 0 amide bonds. The molecule has 0 saturated heterocycles. The van der Waals surface area contributed by atoms with E-state index in [2.05, 4.69) is 4.98 Å². The predicted octanol–water partition coefficient (Wildman–Crippen LogP) is 2.82. The van der Waals surface area contributed by atoms with Crippen LogP contribution >= 0.6 is 0 Å². The summed E-state index contributed by atoms with van der Waals surface area (Å²) in [5.41, 5.74) is 0.720. The van der Waals surface area contributed by atoms with Gasteiger partial charge in [0.15, 0.2) is 0 Å². The quantitative estimate of drug-likeness (QED) is 0.606. The molecular weight excluding hydrogens is 172 g/mol. The van der Waals surface area contributed by atoms with Gasteiger partial charge in [0.2, 0.25) is 0 Å². The standard InChI is InChI=1S/C10H7F2N/c1-6-2-9-7(5-13-6)3-8(11)4-10(9)12/h2-5H,1H3. The maximum Gasteiger partial charge on any atom is 0.134 e. The van der Waals surface area contributed by atoms with E-state index in [1.807, 2.05) is 0 Å². The zero-order valence-electron chi connectivity index (χ0n) is 7.01. The number of nitrogens with zero attached hydrogens (tertiary/aromatic N) is 1. The Morgan fingerprint density at radius 2 is 1.92 bits per heavy atom. The molecule has 1 aromatic carbocycles. The number of halogens is 2. The molecule has 0 aliphatic carbocycles. The summed E-state index contributed by atoms with van der Waals surface area (Å²) >= 11 is 0. The maximum absolute atomic E-state index is 13.2. The minimum atomic E-state index is -0.573. The second-order valence-corrected chi connectivity index (χ2v) is 2.93. The largest absolute Gasteiger partial charge is 0.261 e. The van der Waals surface area contributed by atoms with Crippen LogP contribution in [0.1, 0.15) is 5.69 Å². The molecule has 2 rings (SSSR count). The maximum atomic E-state index is 13.2. The van der Waals surface area contributed by atoms with Crippen molar-refractivity contribution in [2.75, 3.05) is 0 Å². The fraction of sp³-hybridized carbons (Fsp3) is 0.100. The van der Waals surface area contributed by atoms with Crippen molar-refractivity contribution in [2.45, 2.75) is 6.92 Å². The molecule has 0 spiro atoms. The number of pyridine rings is 1. The molecule has 0 unspecified atom stereocenters. The molecule has 0 saturated carbocycles. The molecule has 0 fully saturated rings. The first kappa shape index (κ1) is 8.10. The van der Waals surface area contributed by atoms with E-state index in [4.69, 9.17) is 0 Å². The number of fused-ring (bicyclic) bond motifs is 1. The summed E-state index contributed by atoms with van der Waals surface area (Å²) in [5, 5.41) is 0.900. The first-order valence-electron chi connectivity index (χ1n) is 3.88. The van der Waals surface area contributed by atoms with Crippen molar-refractivity contribution < 1.29 is 8.78 Å². The van der Waals surface area contributed by atoms with Gasteiger partial charge in [-0.25, -0.2) is 8.78 Å². The van der Waals surface area contributed by atoms with Gasteiger partial charge < -0.3 is 0 Å². The van der Waals surface area contributed by atoms with Crippen molar-refractivity contribution in [1.29, 1.82) is 0 Å². The molecule has 13 heavy (non-hydrogen) atoms. The molecule has 0 bridgehead atoms. The van der Waals surface area contributed by atoms with E-state index in [1.165, 1.54) is 12.3 Å². The fourth-order valence-corrected chi connectivity index (χ4v) is 1.28. The molecule has 66 valence electrons. The van der Waals surface area contributed by atoms with Gasteiger partial charge in [-0.2, -0.15) is 0 Å². The Bertz CT molecular complexity index is 466. The topological polar surface area (TPSA) is 12.9 Å². The monoisotopic (exact) mass is 179 g/mol. The van der Waals surface area contributed by atoms with E-state index in [-0.39, 0.29) is 0 Å². The molecule has 1 nitrogen and oxygen atoms in total. The third-order valence-corrected chi connectivity index (χ3v) is 1.89. The summed E-state index contributed by atoms with van der Waals surface area (Å²) in [6.07, 6.45) is 1.47. The van der Waals surface area contributed by atoms with Gasteiger partial charge in [0.1, 0.15) is 11.6 Å². The number of rotatable bonds is 0. The molecule has 0 radical (unpaired) electrons. The van der Waals surface area contributed by atoms with Crippen LogP contribution in [-0.4, -0.2) is 4.98 Å². The van der Waals surface area contributed by atoms with Crippen LogP contribution in [0.5, 0.6) is 0 Å². The average molecular weight is 179 g/mol. The Hall–Kier alpha value is -1.51. The fourth-order valence-electron chi connectivity index (χ4n) is 1.28. The molecule has 0 N–H and O–H groups in total. The van der Waals surface area contributed by atoms with Gasteiger partial charge in [0.05, 0.1) is 0 Å². The minimum Gasteiger partial charge on any atom is -0.261 e. The molecule has 0 atom stereocenters. The molecule has 0 aliphatic heterocycles. The third kappa shape index (κ3) is 1.37. The Labute approximate surface area is 74.0 Å². The summed E-state index contributed by atoms with van der Waals surface area (Å²) in [6, 6.07) is 3.75. The van der Waals surface area contributed by atoms with Crippen molar-refractivity contribution in [1.82, 2.24) is 4.98 Å². The van der Waals surface area contributed by atoms with Crippen LogP contribution in [0, 0.1) is 18.6 Å². The second kappa shape index (κ2) is 2.76. The smallest absolute Gasteiger partial charge is 0.134 e. The van der Waals surface area contributed by atoms with Crippen LogP contribution in [0.15, 0.2) is 24.4 Å². The van der Waals surface area contributed by atoms with Crippen molar-refractivity contribution >= 4 is 10.8 Å². The van der Waals surface area contributed by atoms with Crippen LogP contribution in [0.3, 0.4) is 0 Å². The number of hydrogen-bond acceptors (Lipinski definition) is 1. The van der Waals surface area contributed by atoms with Crippen LogP contribution in [0.4, 0.5) is 8.78 Å². The minimum absolute atomic E-state index is 0.411. The Morgan fingerprint density at radius 1 is 1.15 bits per heavy atom. The van der Waals surface area contributed by atoms with Crippen molar-refractivity contribution in [2.24, 2.45) is 0 Å². The van der Waals surface area contributed by atoms with E-state index in [9.17, 15) is 8.78 Å². The average Bonchev–Trinajstić information content (AvgIpc) is 2.06. The molecule has 0 aliphatic rings. The number of aromatic nitrogens is 1. The molecule has 1 heterocycles. The van der Waals surface area contributed by atoms with E-state index in [0.717, 1.165) is 11.8 Å². The second-order valence-electron chi connectivity index (χ2n) is 2.93. The van der Waals surface area contributed by atoms with Crippen molar-refractivity contribution in [3.05, 3.63) is 41.7 Å². The molecule has 2 aromatic rings. The highest BCUT2D eigenvalue weighted by Gasteiger charge is 2.03.